The molecule has 4 fully saturated rings. The second-order valence-corrected chi connectivity index (χ2v) is 11.9. The Bertz CT molecular complexity index is 1280. The van der Waals surface area contributed by atoms with Crippen molar-refractivity contribution in [2.45, 2.75) is 97.1 Å². The van der Waals surface area contributed by atoms with Gasteiger partial charge in [-0.2, -0.15) is 0 Å². The maximum Gasteiger partial charge on any atom is 0.258 e. The largest absolute Gasteiger partial charge is 0.398 e. The number of benzene rings is 2. The van der Waals surface area contributed by atoms with Crippen LogP contribution in [0.1, 0.15) is 77.0 Å². The van der Waals surface area contributed by atoms with Gasteiger partial charge in [-0.05, 0) is 70.7 Å². The number of amides is 1. The topological polar surface area (TPSA) is 122 Å². The zero-order chi connectivity index (χ0) is 28.8. The molecular formula is C33H45N3O5. The number of hydrogen-bond donors (Lipinski definition) is 2. The highest BCUT2D eigenvalue weighted by Crippen LogP contribution is 2.40. The van der Waals surface area contributed by atoms with Crippen LogP contribution in [0.15, 0.2) is 6.07 Å². The molecular weight excluding hydrogens is 518 g/mol. The Morgan fingerprint density at radius 1 is 0.683 bits per heavy atom. The smallest absolute Gasteiger partial charge is 0.258 e. The molecule has 0 saturated carbocycles. The van der Waals surface area contributed by atoms with Gasteiger partial charge in [-0.1, -0.05) is 27.7 Å². The molecule has 2 aromatic rings. The summed E-state index contributed by atoms with van der Waals surface area (Å²) >= 11 is 0. The lowest BCUT2D eigenvalue weighted by Crippen LogP contribution is -2.38. The molecule has 6 rings (SSSR count). The van der Waals surface area contributed by atoms with E-state index in [1.54, 1.807) is 0 Å². The quantitative estimate of drug-likeness (QED) is 0.263. The predicted molar refractivity (Wildman–Crippen MR) is 161 cm³/mol. The van der Waals surface area contributed by atoms with E-state index < -0.39 is 0 Å². The molecule has 4 N–H and O–H groups in total. The average Bonchev–Trinajstić information content (AvgIpc) is 3.76. The van der Waals surface area contributed by atoms with Crippen LogP contribution in [0.5, 0.6) is 0 Å². The maximum atomic E-state index is 15.2. The fraction of sp³-hybridized carbons (Fsp3) is 0.606. The number of nitrogens with two attached hydrogens (primary N) is 2. The Kier molecular flexibility index (Phi) is 8.02. The maximum absolute atomic E-state index is 15.2. The monoisotopic (exact) mass is 563 g/mol. The van der Waals surface area contributed by atoms with Crippen molar-refractivity contribution in [3.63, 3.8) is 0 Å². The van der Waals surface area contributed by atoms with E-state index in [9.17, 15) is 0 Å². The van der Waals surface area contributed by atoms with Crippen LogP contribution in [0.3, 0.4) is 0 Å². The van der Waals surface area contributed by atoms with Crippen LogP contribution in [0, 0.1) is 0 Å². The van der Waals surface area contributed by atoms with Gasteiger partial charge in [0.15, 0.2) is 0 Å². The Hall–Kier alpha value is -2.65. The average molecular weight is 564 g/mol. The first-order valence-electron chi connectivity index (χ1n) is 15.5. The number of rotatable bonds is 14. The molecule has 4 aliphatic heterocycles. The van der Waals surface area contributed by atoms with Crippen LogP contribution in [-0.2, 0) is 63.9 Å². The second kappa shape index (κ2) is 11.6. The van der Waals surface area contributed by atoms with Gasteiger partial charge in [0.05, 0.1) is 57.4 Å². The highest BCUT2D eigenvalue weighted by Gasteiger charge is 2.38. The van der Waals surface area contributed by atoms with E-state index in [0.29, 0.717) is 26.0 Å². The third-order valence-corrected chi connectivity index (χ3v) is 9.12. The number of ether oxygens (including phenoxy) is 4. The normalized spacial score (nSPS) is 23.9. The van der Waals surface area contributed by atoms with E-state index in [4.69, 9.17) is 30.4 Å². The molecule has 0 aromatic heterocycles. The highest BCUT2D eigenvalue weighted by molar-refractivity contribution is 6.10. The molecule has 222 valence electrons. The summed E-state index contributed by atoms with van der Waals surface area (Å²) in [5.74, 6) is 0.0167. The van der Waals surface area contributed by atoms with Crippen LogP contribution in [-0.4, -0.2) is 63.3 Å². The molecule has 0 spiro atoms. The fourth-order valence-electron chi connectivity index (χ4n) is 6.56. The van der Waals surface area contributed by atoms with E-state index in [-0.39, 0.29) is 30.3 Å². The van der Waals surface area contributed by atoms with E-state index in [1.165, 1.54) is 0 Å². The molecule has 4 heterocycles. The molecule has 1 amide bonds. The molecule has 8 nitrogen and oxygen atoms in total. The number of nitrogen functional groups attached to an aromatic ring is 2. The van der Waals surface area contributed by atoms with Gasteiger partial charge in [-0.25, -0.2) is 0 Å². The molecule has 4 saturated heterocycles. The molecule has 8 heteroatoms. The lowest BCUT2D eigenvalue weighted by Gasteiger charge is -2.31. The van der Waals surface area contributed by atoms with E-state index in [2.05, 4.69) is 33.8 Å². The van der Waals surface area contributed by atoms with Gasteiger partial charge < -0.3 is 35.3 Å². The SMILES string of the molecule is CCc1cc(N(CC2CO2)C(=O)c2c(CC3CO3)c(CC)c(N)c(CC)c2CC2CO2)c(CC2CO2)c(CC)c1N. The Balaban J connectivity index is 1.56. The summed E-state index contributed by atoms with van der Waals surface area (Å²) in [6.45, 7) is 11.9. The first-order valence-corrected chi connectivity index (χ1v) is 15.5. The Morgan fingerprint density at radius 3 is 1.54 bits per heavy atom. The van der Waals surface area contributed by atoms with Crippen molar-refractivity contribution in [3.8, 4) is 0 Å². The molecule has 4 unspecified atom stereocenters. The third-order valence-electron chi connectivity index (χ3n) is 9.12. The zero-order valence-electron chi connectivity index (χ0n) is 25.0. The first-order chi connectivity index (χ1) is 19.9. The second-order valence-electron chi connectivity index (χ2n) is 11.9. The third kappa shape index (κ3) is 5.85. The molecule has 0 bridgehead atoms. The van der Waals surface area contributed by atoms with Gasteiger partial charge in [-0.3, -0.25) is 4.79 Å². The lowest BCUT2D eigenvalue weighted by atomic mass is 9.83. The van der Waals surface area contributed by atoms with Gasteiger partial charge in [0.2, 0.25) is 0 Å². The molecule has 4 aliphatic rings. The van der Waals surface area contributed by atoms with Crippen molar-refractivity contribution in [2.75, 3.05) is 49.3 Å². The summed E-state index contributed by atoms with van der Waals surface area (Å²) in [5, 5.41) is 0. The van der Waals surface area contributed by atoms with Crippen molar-refractivity contribution in [1.82, 2.24) is 0 Å². The highest BCUT2D eigenvalue weighted by atomic mass is 16.6. The number of hydrogen-bond acceptors (Lipinski definition) is 7. The minimum Gasteiger partial charge on any atom is -0.398 e. The van der Waals surface area contributed by atoms with Gasteiger partial charge in [-0.15, -0.1) is 0 Å². The predicted octanol–water partition coefficient (Wildman–Crippen LogP) is 3.97. The standard InChI is InChI=1S/C33H45N3O5/c1-5-18-9-29(26(10-19-14-38-19)23(6-2)31(18)34)36(13-22-17-41-22)33(37)30-27(11-20-15-39-20)24(7-3)32(35)25(8-4)28(30)12-21-16-40-21/h9,19-22H,5-8,10-17,34-35H2,1-4H3. The fourth-order valence-corrected chi connectivity index (χ4v) is 6.56. The summed E-state index contributed by atoms with van der Waals surface area (Å²) < 4.78 is 22.8. The van der Waals surface area contributed by atoms with Gasteiger partial charge in [0.1, 0.15) is 0 Å². The molecule has 2 aromatic carbocycles. The van der Waals surface area contributed by atoms with E-state index >= 15 is 4.79 Å². The van der Waals surface area contributed by atoms with Gasteiger partial charge in [0.25, 0.3) is 5.91 Å². The minimum absolute atomic E-state index is 0.0167. The van der Waals surface area contributed by atoms with E-state index in [1.807, 2.05) is 4.90 Å². The van der Waals surface area contributed by atoms with Crippen LogP contribution < -0.4 is 16.4 Å². The summed E-state index contributed by atoms with van der Waals surface area (Å²) in [7, 11) is 0. The van der Waals surface area contributed by atoms with Crippen molar-refractivity contribution >= 4 is 23.0 Å². The number of carbonyl (C=O) groups is 1. The molecule has 0 aliphatic carbocycles. The minimum atomic E-state index is 0.0167. The molecule has 41 heavy (non-hydrogen) atoms. The van der Waals surface area contributed by atoms with Crippen LogP contribution in [0.2, 0.25) is 0 Å². The number of aryl methyl sites for hydroxylation is 1. The van der Waals surface area contributed by atoms with Gasteiger partial charge in [0, 0.05) is 41.9 Å². The lowest BCUT2D eigenvalue weighted by molar-refractivity contribution is 0.0982. The summed E-state index contributed by atoms with van der Waals surface area (Å²) in [4.78, 5) is 17.2. The zero-order valence-corrected chi connectivity index (χ0v) is 25.0. The van der Waals surface area contributed by atoms with Gasteiger partial charge >= 0.3 is 0 Å². The Labute approximate surface area is 243 Å². The summed E-state index contributed by atoms with van der Waals surface area (Å²) in [6.07, 6.45) is 5.69. The molecule has 0 radical (unpaired) electrons. The van der Waals surface area contributed by atoms with Crippen molar-refractivity contribution in [1.29, 1.82) is 0 Å². The first kappa shape index (κ1) is 28.5. The number of nitrogens with zero attached hydrogens (tertiary/aromatic N) is 1. The van der Waals surface area contributed by atoms with Crippen LogP contribution >= 0.6 is 0 Å². The number of epoxide rings is 4. The van der Waals surface area contributed by atoms with Crippen molar-refractivity contribution < 1.29 is 23.7 Å². The number of carbonyl (C=O) groups excluding carboxylic acids is 1. The number of anilines is 3. The van der Waals surface area contributed by atoms with Crippen molar-refractivity contribution in [3.05, 3.63) is 50.6 Å². The van der Waals surface area contributed by atoms with Crippen molar-refractivity contribution in [2.24, 2.45) is 0 Å². The van der Waals surface area contributed by atoms with Crippen LogP contribution in [0.4, 0.5) is 17.1 Å². The summed E-state index contributed by atoms with van der Waals surface area (Å²) in [6, 6.07) is 2.15. The molecule has 4 atom stereocenters. The summed E-state index contributed by atoms with van der Waals surface area (Å²) in [5.41, 5.74) is 24.6. The Morgan fingerprint density at radius 2 is 1.12 bits per heavy atom. The van der Waals surface area contributed by atoms with Crippen LogP contribution in [0.25, 0.3) is 0 Å². The van der Waals surface area contributed by atoms with E-state index in [0.717, 1.165) is 113 Å².